The number of carbonyl (C=O) groups excluding carboxylic acids is 2. The fourth-order valence-corrected chi connectivity index (χ4v) is 3.87. The highest BCUT2D eigenvalue weighted by molar-refractivity contribution is 6.30. The highest BCUT2D eigenvalue weighted by atomic mass is 35.5. The van der Waals surface area contributed by atoms with Gasteiger partial charge >= 0.3 is 6.09 Å². The van der Waals surface area contributed by atoms with E-state index in [1.807, 2.05) is 24.3 Å². The van der Waals surface area contributed by atoms with Crippen LogP contribution in [0.25, 0.3) is 0 Å². The van der Waals surface area contributed by atoms with Crippen molar-refractivity contribution in [3.63, 3.8) is 0 Å². The molecule has 2 saturated heterocycles. The van der Waals surface area contributed by atoms with Crippen LogP contribution in [-0.4, -0.2) is 62.9 Å². The summed E-state index contributed by atoms with van der Waals surface area (Å²) >= 11 is 6.04. The number of nitrogens with zero attached hydrogens (tertiary/aromatic N) is 2. The van der Waals surface area contributed by atoms with Gasteiger partial charge in [0.1, 0.15) is 6.61 Å². The lowest BCUT2D eigenvalue weighted by Gasteiger charge is -2.35. The van der Waals surface area contributed by atoms with Gasteiger partial charge in [-0.2, -0.15) is 0 Å². The molecule has 1 atom stereocenters. The van der Waals surface area contributed by atoms with E-state index in [2.05, 4.69) is 10.2 Å². The molecule has 30 heavy (non-hydrogen) atoms. The van der Waals surface area contributed by atoms with Gasteiger partial charge in [-0.3, -0.25) is 14.6 Å². The first kappa shape index (κ1) is 20.7. The second-order valence-electron chi connectivity index (χ2n) is 7.24. The summed E-state index contributed by atoms with van der Waals surface area (Å²) < 4.78 is 10.4. The quantitative estimate of drug-likeness (QED) is 0.764. The SMILES string of the molecule is O=C(NCC(c1ccc(Cl)cc1)N1CCOCC1)c1ccc(N2CCOC2=O)cc1. The van der Waals surface area contributed by atoms with Gasteiger partial charge in [0, 0.05) is 35.9 Å². The highest BCUT2D eigenvalue weighted by Gasteiger charge is 2.25. The zero-order valence-electron chi connectivity index (χ0n) is 16.6. The van der Waals surface area contributed by atoms with Gasteiger partial charge < -0.3 is 14.8 Å². The van der Waals surface area contributed by atoms with Crippen LogP contribution in [0.2, 0.25) is 5.02 Å². The lowest BCUT2D eigenvalue weighted by atomic mass is 10.0. The largest absolute Gasteiger partial charge is 0.447 e. The molecule has 0 spiro atoms. The minimum atomic E-state index is -0.358. The van der Waals surface area contributed by atoms with Crippen LogP contribution < -0.4 is 10.2 Å². The number of halogens is 1. The van der Waals surface area contributed by atoms with Crippen molar-refractivity contribution in [1.29, 1.82) is 0 Å². The van der Waals surface area contributed by atoms with Crippen molar-refractivity contribution in [2.75, 3.05) is 50.9 Å². The first-order chi connectivity index (χ1) is 14.6. The fraction of sp³-hybridized carbons (Fsp3) is 0.364. The minimum absolute atomic E-state index is 0.0359. The Hall–Kier alpha value is -2.61. The third-order valence-electron chi connectivity index (χ3n) is 5.40. The summed E-state index contributed by atoms with van der Waals surface area (Å²) in [7, 11) is 0. The summed E-state index contributed by atoms with van der Waals surface area (Å²) in [4.78, 5) is 28.3. The summed E-state index contributed by atoms with van der Waals surface area (Å²) in [6.45, 7) is 4.35. The van der Waals surface area contributed by atoms with Gasteiger partial charge in [0.15, 0.2) is 0 Å². The molecule has 2 aromatic carbocycles. The van der Waals surface area contributed by atoms with Gasteiger partial charge in [-0.15, -0.1) is 0 Å². The Bertz CT molecular complexity index is 882. The number of ether oxygens (including phenoxy) is 2. The Morgan fingerprint density at radius 2 is 1.70 bits per heavy atom. The van der Waals surface area contributed by atoms with E-state index in [9.17, 15) is 9.59 Å². The van der Waals surface area contributed by atoms with Crippen LogP contribution in [0.3, 0.4) is 0 Å². The van der Waals surface area contributed by atoms with E-state index in [-0.39, 0.29) is 18.0 Å². The van der Waals surface area contributed by atoms with Crippen LogP contribution in [0.4, 0.5) is 10.5 Å². The van der Waals surface area contributed by atoms with Gasteiger partial charge in [-0.05, 0) is 42.0 Å². The van der Waals surface area contributed by atoms with Crippen LogP contribution in [0.15, 0.2) is 48.5 Å². The molecule has 2 aromatic rings. The van der Waals surface area contributed by atoms with Gasteiger partial charge in [-0.1, -0.05) is 23.7 Å². The van der Waals surface area contributed by atoms with Crippen molar-refractivity contribution < 1.29 is 19.1 Å². The number of hydrogen-bond donors (Lipinski definition) is 1. The number of amides is 2. The van der Waals surface area contributed by atoms with Gasteiger partial charge in [0.05, 0.1) is 25.8 Å². The second kappa shape index (κ2) is 9.47. The van der Waals surface area contributed by atoms with Crippen molar-refractivity contribution in [1.82, 2.24) is 10.2 Å². The zero-order valence-corrected chi connectivity index (χ0v) is 17.3. The summed E-state index contributed by atoms with van der Waals surface area (Å²) in [6.07, 6.45) is -0.358. The molecule has 8 heteroatoms. The number of cyclic esters (lactones) is 1. The average Bonchev–Trinajstić information content (AvgIpc) is 3.21. The zero-order chi connectivity index (χ0) is 20.9. The van der Waals surface area contributed by atoms with Crippen LogP contribution in [0, 0.1) is 0 Å². The van der Waals surface area contributed by atoms with Crippen molar-refractivity contribution in [3.05, 3.63) is 64.7 Å². The number of carbonyl (C=O) groups is 2. The predicted molar refractivity (Wildman–Crippen MR) is 114 cm³/mol. The maximum Gasteiger partial charge on any atom is 0.414 e. The molecule has 7 nitrogen and oxygen atoms in total. The van der Waals surface area contributed by atoms with E-state index in [4.69, 9.17) is 21.1 Å². The Labute approximate surface area is 180 Å². The highest BCUT2D eigenvalue weighted by Crippen LogP contribution is 2.24. The summed E-state index contributed by atoms with van der Waals surface area (Å²) in [5.74, 6) is -0.155. The van der Waals surface area contributed by atoms with Crippen molar-refractivity contribution in [2.24, 2.45) is 0 Å². The Kier molecular flexibility index (Phi) is 6.52. The molecule has 2 aliphatic heterocycles. The average molecular weight is 430 g/mol. The lowest BCUT2D eigenvalue weighted by molar-refractivity contribution is 0.0162. The monoisotopic (exact) mass is 429 g/mol. The first-order valence-electron chi connectivity index (χ1n) is 10.0. The third-order valence-corrected chi connectivity index (χ3v) is 5.65. The number of rotatable bonds is 6. The number of hydrogen-bond acceptors (Lipinski definition) is 5. The maximum absolute atomic E-state index is 12.7. The normalized spacial score (nSPS) is 18.2. The molecule has 158 valence electrons. The number of benzene rings is 2. The minimum Gasteiger partial charge on any atom is -0.447 e. The van der Waals surface area contributed by atoms with Crippen LogP contribution in [-0.2, 0) is 9.47 Å². The van der Waals surface area contributed by atoms with E-state index in [0.29, 0.717) is 43.5 Å². The Balaban J connectivity index is 1.42. The van der Waals surface area contributed by atoms with E-state index in [1.165, 1.54) is 0 Å². The molecule has 2 aliphatic rings. The number of nitrogens with one attached hydrogen (secondary N) is 1. The van der Waals surface area contributed by atoms with E-state index < -0.39 is 0 Å². The maximum atomic E-state index is 12.7. The van der Waals surface area contributed by atoms with Gasteiger partial charge in [-0.25, -0.2) is 4.79 Å². The van der Waals surface area contributed by atoms with Crippen LogP contribution in [0.5, 0.6) is 0 Å². The third kappa shape index (κ3) is 4.75. The summed E-state index contributed by atoms with van der Waals surface area (Å²) in [5, 5.41) is 3.73. The molecule has 1 N–H and O–H groups in total. The second-order valence-corrected chi connectivity index (χ2v) is 7.68. The summed E-state index contributed by atoms with van der Waals surface area (Å²) in [6, 6.07) is 14.7. The van der Waals surface area contributed by atoms with Crippen molar-refractivity contribution >= 4 is 29.3 Å². The van der Waals surface area contributed by atoms with Gasteiger partial charge in [0.25, 0.3) is 5.91 Å². The standard InChI is InChI=1S/C22H24ClN3O4/c23-18-5-1-16(2-6-18)20(25-9-12-29-13-10-25)15-24-21(27)17-3-7-19(8-4-17)26-11-14-30-22(26)28/h1-8,20H,9-15H2,(H,24,27). The molecule has 2 amide bonds. The molecule has 4 rings (SSSR count). The van der Waals surface area contributed by atoms with Crippen molar-refractivity contribution in [3.8, 4) is 0 Å². The molecule has 0 aromatic heterocycles. The first-order valence-corrected chi connectivity index (χ1v) is 10.4. The van der Waals surface area contributed by atoms with Crippen molar-refractivity contribution in [2.45, 2.75) is 6.04 Å². The smallest absolute Gasteiger partial charge is 0.414 e. The van der Waals surface area contributed by atoms with Crippen LogP contribution >= 0.6 is 11.6 Å². The summed E-state index contributed by atoms with van der Waals surface area (Å²) in [5.41, 5.74) is 2.37. The molecule has 2 heterocycles. The molecule has 2 fully saturated rings. The van der Waals surface area contributed by atoms with E-state index in [0.717, 1.165) is 24.3 Å². The molecule has 0 aliphatic carbocycles. The van der Waals surface area contributed by atoms with Crippen LogP contribution in [0.1, 0.15) is 22.0 Å². The number of anilines is 1. The fourth-order valence-electron chi connectivity index (χ4n) is 3.74. The Morgan fingerprint density at radius 1 is 1.00 bits per heavy atom. The molecule has 1 unspecified atom stereocenters. The molecule has 0 radical (unpaired) electrons. The topological polar surface area (TPSA) is 71.1 Å². The molecular formula is C22H24ClN3O4. The number of morpholine rings is 1. The predicted octanol–water partition coefficient (Wildman–Crippen LogP) is 3.10. The molecular weight excluding hydrogens is 406 g/mol. The molecule has 0 saturated carbocycles. The van der Waals surface area contributed by atoms with E-state index in [1.54, 1.807) is 29.2 Å². The van der Waals surface area contributed by atoms with E-state index >= 15 is 0 Å². The Morgan fingerprint density at radius 3 is 2.33 bits per heavy atom. The van der Waals surface area contributed by atoms with Gasteiger partial charge in [0.2, 0.25) is 0 Å². The molecule has 0 bridgehead atoms. The lowest BCUT2D eigenvalue weighted by Crippen LogP contribution is -2.43.